The zero-order valence-corrected chi connectivity index (χ0v) is 6.86. The van der Waals surface area contributed by atoms with Crippen LogP contribution in [0, 0.1) is 5.41 Å². The van der Waals surface area contributed by atoms with Crippen molar-refractivity contribution in [2.75, 3.05) is 0 Å². The van der Waals surface area contributed by atoms with Gasteiger partial charge >= 0.3 is 0 Å². The van der Waals surface area contributed by atoms with Crippen molar-refractivity contribution in [2.24, 2.45) is 4.99 Å². The standard InChI is InChI=1S/C8H14N2/c1-5-6(2)10-8(4)7(3)9/h9H,4-5H2,1-3H3. The number of aliphatic imine (C=N–C) groups is 1. The first-order valence-electron chi connectivity index (χ1n) is 3.36. The summed E-state index contributed by atoms with van der Waals surface area (Å²) in [7, 11) is 0. The van der Waals surface area contributed by atoms with Crippen molar-refractivity contribution < 1.29 is 0 Å². The molecule has 0 aliphatic rings. The summed E-state index contributed by atoms with van der Waals surface area (Å²) in [6.45, 7) is 9.29. The first-order chi connectivity index (χ1) is 4.57. The lowest BCUT2D eigenvalue weighted by Crippen LogP contribution is -1.94. The molecule has 0 bridgehead atoms. The smallest absolute Gasteiger partial charge is 0.0761 e. The maximum Gasteiger partial charge on any atom is 0.0761 e. The lowest BCUT2D eigenvalue weighted by atomic mass is 10.3. The molecule has 0 aromatic rings. The summed E-state index contributed by atoms with van der Waals surface area (Å²) in [5, 5.41) is 7.16. The molecule has 0 amide bonds. The van der Waals surface area contributed by atoms with Gasteiger partial charge in [0.25, 0.3) is 0 Å². The van der Waals surface area contributed by atoms with Crippen LogP contribution in [0.25, 0.3) is 0 Å². The molecule has 0 aromatic carbocycles. The first kappa shape index (κ1) is 9.08. The summed E-state index contributed by atoms with van der Waals surface area (Å²) >= 11 is 0. The second-order valence-electron chi connectivity index (χ2n) is 2.27. The van der Waals surface area contributed by atoms with Crippen LogP contribution >= 0.6 is 0 Å². The van der Waals surface area contributed by atoms with Gasteiger partial charge in [0.1, 0.15) is 0 Å². The maximum atomic E-state index is 7.16. The fraction of sp³-hybridized carbons (Fsp3) is 0.500. The monoisotopic (exact) mass is 138 g/mol. The summed E-state index contributed by atoms with van der Waals surface area (Å²) in [6.07, 6.45) is 0.923. The highest BCUT2D eigenvalue weighted by Gasteiger charge is 1.92. The largest absolute Gasteiger partial charge is 0.303 e. The van der Waals surface area contributed by atoms with Gasteiger partial charge in [-0.3, -0.25) is 4.99 Å². The summed E-state index contributed by atoms with van der Waals surface area (Å²) < 4.78 is 0. The maximum absolute atomic E-state index is 7.16. The Labute approximate surface area is 62.2 Å². The number of hydrogen-bond acceptors (Lipinski definition) is 2. The lowest BCUT2D eigenvalue weighted by Gasteiger charge is -1.97. The molecule has 10 heavy (non-hydrogen) atoms. The van der Waals surface area contributed by atoms with E-state index in [0.717, 1.165) is 12.1 Å². The highest BCUT2D eigenvalue weighted by atomic mass is 14.8. The quantitative estimate of drug-likeness (QED) is 0.581. The third-order valence-electron chi connectivity index (χ3n) is 1.27. The van der Waals surface area contributed by atoms with E-state index in [1.165, 1.54) is 0 Å². The van der Waals surface area contributed by atoms with Crippen LogP contribution in [0.3, 0.4) is 0 Å². The molecule has 2 heteroatoms. The van der Waals surface area contributed by atoms with Crippen LogP contribution in [0.1, 0.15) is 27.2 Å². The SMILES string of the molecule is C=C(N=C(C)CC)C(C)=N. The number of allylic oxidation sites excluding steroid dienone is 1. The first-order valence-corrected chi connectivity index (χ1v) is 3.36. The molecule has 0 heterocycles. The van der Waals surface area contributed by atoms with E-state index in [1.807, 2.05) is 13.8 Å². The molecule has 0 atom stereocenters. The Morgan fingerprint density at radius 2 is 2.00 bits per heavy atom. The summed E-state index contributed by atoms with van der Waals surface area (Å²) in [5.41, 5.74) is 2.03. The fourth-order valence-electron chi connectivity index (χ4n) is 0.393. The fourth-order valence-corrected chi connectivity index (χ4v) is 0.393. The van der Waals surface area contributed by atoms with Gasteiger partial charge in [0.05, 0.1) is 11.4 Å². The predicted octanol–water partition coefficient (Wildman–Crippen LogP) is 2.41. The molecule has 0 spiro atoms. The Hall–Kier alpha value is -0.920. The number of nitrogens with zero attached hydrogens (tertiary/aromatic N) is 1. The van der Waals surface area contributed by atoms with E-state index < -0.39 is 0 Å². The van der Waals surface area contributed by atoms with Crippen molar-refractivity contribution >= 4 is 11.4 Å². The van der Waals surface area contributed by atoms with Crippen LogP contribution in [-0.4, -0.2) is 11.4 Å². The third-order valence-corrected chi connectivity index (χ3v) is 1.27. The van der Waals surface area contributed by atoms with Crippen LogP contribution in [-0.2, 0) is 0 Å². The van der Waals surface area contributed by atoms with Gasteiger partial charge in [0.15, 0.2) is 0 Å². The third kappa shape index (κ3) is 3.17. The Morgan fingerprint density at radius 3 is 2.30 bits per heavy atom. The molecule has 0 unspecified atom stereocenters. The van der Waals surface area contributed by atoms with E-state index >= 15 is 0 Å². The Balaban J connectivity index is 4.13. The number of hydrogen-bond donors (Lipinski definition) is 1. The Bertz CT molecular complexity index is 178. The zero-order chi connectivity index (χ0) is 8.15. The van der Waals surface area contributed by atoms with Crippen LogP contribution in [0.15, 0.2) is 17.3 Å². The van der Waals surface area contributed by atoms with Crippen molar-refractivity contribution in [1.29, 1.82) is 5.41 Å². The molecule has 0 fully saturated rings. The summed E-state index contributed by atoms with van der Waals surface area (Å²) in [6, 6.07) is 0. The molecule has 0 saturated heterocycles. The molecular formula is C8H14N2. The normalized spacial score (nSPS) is 11.3. The van der Waals surface area contributed by atoms with E-state index in [-0.39, 0.29) is 0 Å². The van der Waals surface area contributed by atoms with E-state index in [1.54, 1.807) is 6.92 Å². The van der Waals surface area contributed by atoms with E-state index in [4.69, 9.17) is 5.41 Å². The van der Waals surface area contributed by atoms with Gasteiger partial charge in [-0.05, 0) is 20.3 Å². The summed E-state index contributed by atoms with van der Waals surface area (Å²) in [4.78, 5) is 4.09. The van der Waals surface area contributed by atoms with Crippen LogP contribution in [0.2, 0.25) is 0 Å². The lowest BCUT2D eigenvalue weighted by molar-refractivity contribution is 1.24. The highest BCUT2D eigenvalue weighted by molar-refractivity contribution is 5.97. The van der Waals surface area contributed by atoms with E-state index in [0.29, 0.717) is 11.4 Å². The topological polar surface area (TPSA) is 36.2 Å². The molecule has 0 aliphatic heterocycles. The molecule has 2 nitrogen and oxygen atoms in total. The molecule has 56 valence electrons. The Kier molecular flexibility index (Phi) is 3.62. The average molecular weight is 138 g/mol. The molecular weight excluding hydrogens is 124 g/mol. The van der Waals surface area contributed by atoms with Crippen LogP contribution in [0.5, 0.6) is 0 Å². The Morgan fingerprint density at radius 1 is 1.50 bits per heavy atom. The molecule has 0 rings (SSSR count). The van der Waals surface area contributed by atoms with Crippen molar-refractivity contribution in [3.63, 3.8) is 0 Å². The second-order valence-corrected chi connectivity index (χ2v) is 2.27. The van der Waals surface area contributed by atoms with Crippen molar-refractivity contribution in [3.05, 3.63) is 12.3 Å². The average Bonchev–Trinajstić information content (AvgIpc) is 1.87. The summed E-state index contributed by atoms with van der Waals surface area (Å²) in [5.74, 6) is 0. The van der Waals surface area contributed by atoms with Crippen molar-refractivity contribution in [3.8, 4) is 0 Å². The minimum atomic E-state index is 0.438. The minimum absolute atomic E-state index is 0.438. The zero-order valence-electron chi connectivity index (χ0n) is 6.86. The van der Waals surface area contributed by atoms with Crippen molar-refractivity contribution in [1.82, 2.24) is 0 Å². The van der Waals surface area contributed by atoms with Gasteiger partial charge in [-0.2, -0.15) is 0 Å². The molecule has 0 saturated carbocycles. The van der Waals surface area contributed by atoms with Gasteiger partial charge in [-0.1, -0.05) is 13.5 Å². The molecule has 0 aromatic heterocycles. The minimum Gasteiger partial charge on any atom is -0.303 e. The van der Waals surface area contributed by atoms with Gasteiger partial charge in [0, 0.05) is 5.71 Å². The predicted molar refractivity (Wildman–Crippen MR) is 45.9 cm³/mol. The number of rotatable bonds is 3. The second kappa shape index (κ2) is 3.99. The van der Waals surface area contributed by atoms with Gasteiger partial charge in [-0.25, -0.2) is 0 Å². The van der Waals surface area contributed by atoms with Crippen LogP contribution < -0.4 is 0 Å². The van der Waals surface area contributed by atoms with Crippen LogP contribution in [0.4, 0.5) is 0 Å². The van der Waals surface area contributed by atoms with E-state index in [2.05, 4.69) is 11.6 Å². The van der Waals surface area contributed by atoms with E-state index in [9.17, 15) is 0 Å². The van der Waals surface area contributed by atoms with Gasteiger partial charge < -0.3 is 5.41 Å². The van der Waals surface area contributed by atoms with Gasteiger partial charge in [0.2, 0.25) is 0 Å². The highest BCUT2D eigenvalue weighted by Crippen LogP contribution is 1.96. The van der Waals surface area contributed by atoms with Crippen molar-refractivity contribution in [2.45, 2.75) is 27.2 Å². The molecule has 1 N–H and O–H groups in total. The molecule has 0 aliphatic carbocycles. The van der Waals surface area contributed by atoms with Gasteiger partial charge in [-0.15, -0.1) is 0 Å². The number of nitrogens with one attached hydrogen (secondary N) is 1. The molecule has 0 radical (unpaired) electrons.